The summed E-state index contributed by atoms with van der Waals surface area (Å²) in [5, 5.41) is 13.2. The van der Waals surface area contributed by atoms with E-state index in [1.807, 2.05) is 29.2 Å². The Hall–Kier alpha value is -2.29. The molecule has 3 heterocycles. The molecule has 1 fully saturated rings. The molecule has 2 atom stereocenters. The van der Waals surface area contributed by atoms with Crippen molar-refractivity contribution in [2.24, 2.45) is 0 Å². The van der Waals surface area contributed by atoms with Crippen molar-refractivity contribution in [1.29, 1.82) is 0 Å². The predicted molar refractivity (Wildman–Crippen MR) is 116 cm³/mol. The van der Waals surface area contributed by atoms with Crippen molar-refractivity contribution >= 4 is 33.3 Å². The molecule has 0 radical (unpaired) electrons. The second-order valence-electron chi connectivity index (χ2n) is 6.72. The lowest BCUT2D eigenvalue weighted by atomic mass is 10.0. The fourth-order valence-electron chi connectivity index (χ4n) is 3.54. The molecular weight excluding hydrogens is 457 g/mol. The monoisotopic (exact) mass is 475 g/mol. The fraction of sp³-hybridized carbons (Fsp3) is 0.238. The summed E-state index contributed by atoms with van der Waals surface area (Å²) in [6.45, 7) is 0.632. The summed E-state index contributed by atoms with van der Waals surface area (Å²) in [5.41, 5.74) is 1.23. The van der Waals surface area contributed by atoms with Crippen LogP contribution in [0.1, 0.15) is 30.0 Å². The average molecular weight is 476 g/mol. The van der Waals surface area contributed by atoms with Crippen molar-refractivity contribution in [1.82, 2.24) is 15.2 Å². The molecule has 0 bridgehead atoms. The summed E-state index contributed by atoms with van der Waals surface area (Å²) in [6.07, 6.45) is 2.31. The minimum Gasteiger partial charge on any atom is -0.459 e. The van der Waals surface area contributed by atoms with Gasteiger partial charge in [-0.2, -0.15) is 0 Å². The van der Waals surface area contributed by atoms with Gasteiger partial charge in [0.05, 0.1) is 17.3 Å². The van der Waals surface area contributed by atoms with E-state index >= 15 is 0 Å². The number of rotatable bonds is 6. The number of aliphatic hydroxyl groups excluding tert-OH is 1. The molecule has 1 aliphatic rings. The smallest absolute Gasteiger partial charge is 0.170 e. The van der Waals surface area contributed by atoms with Gasteiger partial charge in [0.25, 0.3) is 0 Å². The molecule has 2 aromatic heterocycles. The normalized spacial score (nSPS) is 18.9. The molecule has 2 N–H and O–H groups in total. The van der Waals surface area contributed by atoms with Crippen molar-refractivity contribution in [3.05, 3.63) is 76.5 Å². The van der Waals surface area contributed by atoms with Crippen molar-refractivity contribution < 1.29 is 13.9 Å². The van der Waals surface area contributed by atoms with E-state index in [4.69, 9.17) is 16.6 Å². The molecule has 0 spiro atoms. The van der Waals surface area contributed by atoms with Gasteiger partial charge in [0.2, 0.25) is 0 Å². The van der Waals surface area contributed by atoms with Crippen LogP contribution in [0.15, 0.2) is 63.6 Å². The number of thiocarbonyl (C=S) groups is 1. The van der Waals surface area contributed by atoms with Crippen LogP contribution in [0.2, 0.25) is 0 Å². The van der Waals surface area contributed by atoms with Crippen LogP contribution in [0.25, 0.3) is 11.3 Å². The molecule has 1 saturated heterocycles. The number of aliphatic hydroxyl groups is 1. The van der Waals surface area contributed by atoms with Gasteiger partial charge < -0.3 is 19.7 Å². The topological polar surface area (TPSA) is 61.5 Å². The quantitative estimate of drug-likeness (QED) is 0.508. The summed E-state index contributed by atoms with van der Waals surface area (Å²) in [7, 11) is 0. The van der Waals surface area contributed by atoms with E-state index in [9.17, 15) is 9.50 Å². The summed E-state index contributed by atoms with van der Waals surface area (Å²) in [4.78, 5) is 6.46. The van der Waals surface area contributed by atoms with E-state index in [-0.39, 0.29) is 24.5 Å². The van der Waals surface area contributed by atoms with Gasteiger partial charge in [0.1, 0.15) is 23.4 Å². The highest BCUT2D eigenvalue weighted by atomic mass is 79.9. The maximum Gasteiger partial charge on any atom is 0.170 e. The third-order valence-corrected chi connectivity index (χ3v) is 5.72. The fourth-order valence-corrected chi connectivity index (χ4v) is 4.21. The summed E-state index contributed by atoms with van der Waals surface area (Å²) < 4.78 is 21.2. The Morgan fingerprint density at radius 2 is 2.10 bits per heavy atom. The lowest BCUT2D eigenvalue weighted by molar-refractivity contribution is 0.232. The van der Waals surface area contributed by atoms with E-state index in [1.54, 1.807) is 24.4 Å². The number of nitrogens with one attached hydrogen (secondary N) is 1. The molecule has 3 aromatic rings. The van der Waals surface area contributed by atoms with Crippen LogP contribution >= 0.6 is 28.1 Å². The molecule has 5 nitrogen and oxygen atoms in total. The number of nitrogens with zero attached hydrogens (tertiary/aromatic N) is 2. The zero-order chi connectivity index (χ0) is 20.4. The molecule has 0 saturated carbocycles. The second-order valence-corrected chi connectivity index (χ2v) is 8.03. The molecule has 4 rings (SSSR count). The zero-order valence-corrected chi connectivity index (χ0v) is 17.8. The first-order chi connectivity index (χ1) is 14.1. The third-order valence-electron chi connectivity index (χ3n) is 4.87. The molecule has 1 aromatic carbocycles. The van der Waals surface area contributed by atoms with Crippen LogP contribution < -0.4 is 5.32 Å². The molecule has 1 aliphatic heterocycles. The maximum atomic E-state index is 14.4. The second kappa shape index (κ2) is 8.61. The Kier molecular flexibility index (Phi) is 5.94. The number of benzene rings is 1. The lowest BCUT2D eigenvalue weighted by Gasteiger charge is -2.25. The molecule has 29 heavy (non-hydrogen) atoms. The summed E-state index contributed by atoms with van der Waals surface area (Å²) >= 11 is 8.81. The van der Waals surface area contributed by atoms with Gasteiger partial charge in [0, 0.05) is 23.8 Å². The van der Waals surface area contributed by atoms with E-state index in [0.717, 1.165) is 5.69 Å². The van der Waals surface area contributed by atoms with Gasteiger partial charge in [-0.25, -0.2) is 4.39 Å². The maximum absolute atomic E-state index is 14.4. The van der Waals surface area contributed by atoms with Gasteiger partial charge >= 0.3 is 0 Å². The van der Waals surface area contributed by atoms with Crippen LogP contribution in [0.3, 0.4) is 0 Å². The Balaban J connectivity index is 1.72. The minimum atomic E-state index is -0.362. The molecule has 0 aliphatic carbocycles. The zero-order valence-electron chi connectivity index (χ0n) is 15.4. The number of halogens is 2. The number of pyridine rings is 1. The van der Waals surface area contributed by atoms with Crippen LogP contribution in [0.4, 0.5) is 4.39 Å². The van der Waals surface area contributed by atoms with E-state index in [0.29, 0.717) is 39.6 Å². The molecule has 8 heteroatoms. The van der Waals surface area contributed by atoms with Crippen LogP contribution in [0.5, 0.6) is 0 Å². The number of hydrogen-bond acceptors (Lipinski definition) is 4. The van der Waals surface area contributed by atoms with Crippen molar-refractivity contribution in [2.45, 2.75) is 18.5 Å². The highest BCUT2D eigenvalue weighted by molar-refractivity contribution is 9.10. The predicted octanol–water partition coefficient (Wildman–Crippen LogP) is 4.60. The Labute approximate surface area is 181 Å². The molecule has 150 valence electrons. The largest absolute Gasteiger partial charge is 0.459 e. The molecule has 0 amide bonds. The van der Waals surface area contributed by atoms with Crippen molar-refractivity contribution in [2.75, 3.05) is 13.2 Å². The molecular formula is C21H19BrFN3O2S. The highest BCUT2D eigenvalue weighted by Gasteiger charge is 2.41. The van der Waals surface area contributed by atoms with Gasteiger partial charge in [-0.3, -0.25) is 4.98 Å². The Bertz CT molecular complexity index is 1010. The Morgan fingerprint density at radius 1 is 1.24 bits per heavy atom. The van der Waals surface area contributed by atoms with Crippen LogP contribution in [0, 0.1) is 5.82 Å². The first-order valence-electron chi connectivity index (χ1n) is 9.22. The number of hydrogen-bond donors (Lipinski definition) is 2. The van der Waals surface area contributed by atoms with E-state index in [2.05, 4.69) is 26.2 Å². The first-order valence-corrected chi connectivity index (χ1v) is 10.4. The van der Waals surface area contributed by atoms with Crippen LogP contribution in [-0.4, -0.2) is 33.3 Å². The number of furan rings is 1. The van der Waals surface area contributed by atoms with Crippen molar-refractivity contribution in [3.63, 3.8) is 0 Å². The Morgan fingerprint density at radius 3 is 2.83 bits per heavy atom. The van der Waals surface area contributed by atoms with E-state index in [1.165, 1.54) is 6.07 Å². The van der Waals surface area contributed by atoms with E-state index < -0.39 is 0 Å². The van der Waals surface area contributed by atoms with Gasteiger partial charge in [-0.15, -0.1) is 0 Å². The van der Waals surface area contributed by atoms with Gasteiger partial charge in [0.15, 0.2) is 5.11 Å². The van der Waals surface area contributed by atoms with Gasteiger partial charge in [-0.1, -0.05) is 22.0 Å². The highest BCUT2D eigenvalue weighted by Crippen LogP contribution is 2.40. The first kappa shape index (κ1) is 20.0. The summed E-state index contributed by atoms with van der Waals surface area (Å²) in [5.74, 6) is 0.742. The van der Waals surface area contributed by atoms with Crippen molar-refractivity contribution in [3.8, 4) is 11.3 Å². The minimum absolute atomic E-state index is 0.0631. The standard InChI is InChI=1S/C21H19BrFN3O2S/c22-13-5-6-14(15(23)12-13)17-7-8-18(28-17)20-19(16-4-1-2-9-24-16)25-21(29)26(20)10-3-11-27/h1-2,4-9,12,19-20,27H,3,10-11H2,(H,25,29)/t19-,20-/m0/s1. The number of aromatic nitrogens is 1. The lowest BCUT2D eigenvalue weighted by Crippen LogP contribution is -2.30. The third kappa shape index (κ3) is 4.05. The SMILES string of the molecule is OCCCN1C(=S)N[C@@H](c2ccccn2)[C@@H]1c1ccc(-c2ccc(Br)cc2F)o1. The molecule has 0 unspecified atom stereocenters. The average Bonchev–Trinajstić information content (AvgIpc) is 3.31. The van der Waals surface area contributed by atoms with Crippen LogP contribution in [-0.2, 0) is 0 Å². The van der Waals surface area contributed by atoms with Gasteiger partial charge in [-0.05, 0) is 61.1 Å². The summed E-state index contributed by atoms with van der Waals surface area (Å²) in [6, 6.07) is 13.7.